The van der Waals surface area contributed by atoms with E-state index in [-0.39, 0.29) is 6.61 Å². The summed E-state index contributed by atoms with van der Waals surface area (Å²) in [6.45, 7) is 0.831. The first-order chi connectivity index (χ1) is 7.77. The number of hydrogen-bond donors (Lipinski definition) is 1. The van der Waals surface area contributed by atoms with E-state index in [0.717, 1.165) is 12.0 Å². The van der Waals surface area contributed by atoms with Crippen LogP contribution in [0.2, 0.25) is 0 Å². The van der Waals surface area contributed by atoms with Crippen LogP contribution in [-0.2, 0) is 11.3 Å². The van der Waals surface area contributed by atoms with Gasteiger partial charge < -0.3 is 9.84 Å². The second-order valence-corrected chi connectivity index (χ2v) is 3.86. The molecule has 0 bridgehead atoms. The molecule has 1 fully saturated rings. The lowest BCUT2D eigenvalue weighted by atomic mass is 10.2. The van der Waals surface area contributed by atoms with Gasteiger partial charge in [-0.25, -0.2) is 4.79 Å². The molecule has 1 amide bonds. The van der Waals surface area contributed by atoms with Gasteiger partial charge >= 0.3 is 6.09 Å². The Morgan fingerprint density at radius 1 is 1.44 bits per heavy atom. The van der Waals surface area contributed by atoms with Crippen molar-refractivity contribution in [2.45, 2.75) is 25.7 Å². The van der Waals surface area contributed by atoms with Gasteiger partial charge in [-0.05, 0) is 18.4 Å². The standard InChI is InChI=1S/C12H15NO3/c14-11-7-4-8-13(11)12(15)16-9-10-5-2-1-3-6-10/h1-3,5-6,11,14H,4,7-9H2. The number of rotatable bonds is 2. The Morgan fingerprint density at radius 3 is 2.81 bits per heavy atom. The first-order valence-electron chi connectivity index (χ1n) is 5.43. The van der Waals surface area contributed by atoms with Crippen LogP contribution in [0.5, 0.6) is 0 Å². The predicted octanol–water partition coefficient (Wildman–Crippen LogP) is 1.74. The zero-order chi connectivity index (χ0) is 11.4. The average Bonchev–Trinajstić information content (AvgIpc) is 2.74. The minimum absolute atomic E-state index is 0.253. The molecule has 1 aliphatic rings. The van der Waals surface area contributed by atoms with Crippen LogP contribution < -0.4 is 0 Å². The van der Waals surface area contributed by atoms with Crippen LogP contribution in [0.15, 0.2) is 30.3 Å². The lowest BCUT2D eigenvalue weighted by molar-refractivity contribution is 0.0220. The molecule has 0 spiro atoms. The van der Waals surface area contributed by atoms with Gasteiger partial charge in [-0.15, -0.1) is 0 Å². The number of aliphatic hydroxyl groups excluding tert-OH is 1. The van der Waals surface area contributed by atoms with Crippen LogP contribution in [0.1, 0.15) is 18.4 Å². The van der Waals surface area contributed by atoms with Crippen LogP contribution in [-0.4, -0.2) is 28.9 Å². The van der Waals surface area contributed by atoms with Crippen molar-refractivity contribution < 1.29 is 14.6 Å². The summed E-state index contributed by atoms with van der Waals surface area (Å²) in [6, 6.07) is 9.50. The molecular formula is C12H15NO3. The number of benzene rings is 1. The lowest BCUT2D eigenvalue weighted by Gasteiger charge is -2.19. The van der Waals surface area contributed by atoms with Crippen LogP contribution in [0, 0.1) is 0 Å². The van der Waals surface area contributed by atoms with Gasteiger partial charge in [0.2, 0.25) is 0 Å². The fraction of sp³-hybridized carbons (Fsp3) is 0.417. The van der Waals surface area contributed by atoms with Crippen molar-refractivity contribution in [3.8, 4) is 0 Å². The highest BCUT2D eigenvalue weighted by molar-refractivity contribution is 5.68. The minimum Gasteiger partial charge on any atom is -0.444 e. The van der Waals surface area contributed by atoms with E-state index in [1.165, 1.54) is 4.90 Å². The summed E-state index contributed by atoms with van der Waals surface area (Å²) in [4.78, 5) is 12.9. The fourth-order valence-electron chi connectivity index (χ4n) is 1.76. The number of likely N-dealkylation sites (tertiary alicyclic amines) is 1. The van der Waals surface area contributed by atoms with Gasteiger partial charge in [0.05, 0.1) is 0 Å². The van der Waals surface area contributed by atoms with Crippen LogP contribution in [0.4, 0.5) is 4.79 Å². The molecule has 0 radical (unpaired) electrons. The molecule has 0 saturated carbocycles. The Kier molecular flexibility index (Phi) is 3.41. The maximum absolute atomic E-state index is 11.6. The lowest BCUT2D eigenvalue weighted by Crippen LogP contribution is -2.35. The first-order valence-corrected chi connectivity index (χ1v) is 5.43. The summed E-state index contributed by atoms with van der Waals surface area (Å²) in [5, 5.41) is 9.48. The normalized spacial score (nSPS) is 19.8. The van der Waals surface area contributed by atoms with Crippen molar-refractivity contribution in [2.24, 2.45) is 0 Å². The third-order valence-corrected chi connectivity index (χ3v) is 2.66. The van der Waals surface area contributed by atoms with Crippen LogP contribution in [0.3, 0.4) is 0 Å². The number of ether oxygens (including phenoxy) is 1. The van der Waals surface area contributed by atoms with Gasteiger partial charge in [0, 0.05) is 6.54 Å². The van der Waals surface area contributed by atoms with E-state index >= 15 is 0 Å². The molecule has 1 aliphatic heterocycles. The van der Waals surface area contributed by atoms with Crippen LogP contribution >= 0.6 is 0 Å². The van der Waals surface area contributed by atoms with Gasteiger partial charge in [0.15, 0.2) is 0 Å². The van der Waals surface area contributed by atoms with E-state index in [1.807, 2.05) is 30.3 Å². The highest BCUT2D eigenvalue weighted by Gasteiger charge is 2.27. The molecule has 1 unspecified atom stereocenters. The van der Waals surface area contributed by atoms with E-state index in [1.54, 1.807) is 0 Å². The Morgan fingerprint density at radius 2 is 2.19 bits per heavy atom. The first kappa shape index (κ1) is 11.0. The Balaban J connectivity index is 1.84. The molecule has 0 aliphatic carbocycles. The summed E-state index contributed by atoms with van der Waals surface area (Å²) in [7, 11) is 0. The molecule has 4 heteroatoms. The second kappa shape index (κ2) is 4.99. The maximum Gasteiger partial charge on any atom is 0.412 e. The third kappa shape index (κ3) is 2.52. The molecular weight excluding hydrogens is 206 g/mol. The molecule has 1 atom stereocenters. The van der Waals surface area contributed by atoms with E-state index in [2.05, 4.69) is 0 Å². The summed E-state index contributed by atoms with van der Waals surface area (Å²) < 4.78 is 5.11. The third-order valence-electron chi connectivity index (χ3n) is 2.66. The van der Waals surface area contributed by atoms with Gasteiger partial charge in [0.1, 0.15) is 12.8 Å². The maximum atomic E-state index is 11.6. The van der Waals surface area contributed by atoms with Crippen molar-refractivity contribution in [1.29, 1.82) is 0 Å². The van der Waals surface area contributed by atoms with Gasteiger partial charge in [-0.3, -0.25) is 4.90 Å². The number of carbonyl (C=O) groups is 1. The molecule has 86 valence electrons. The number of nitrogens with zero attached hydrogens (tertiary/aromatic N) is 1. The summed E-state index contributed by atoms with van der Waals surface area (Å²) in [5.74, 6) is 0. The van der Waals surface area contributed by atoms with Crippen molar-refractivity contribution in [3.63, 3.8) is 0 Å². The number of carbonyl (C=O) groups excluding carboxylic acids is 1. The predicted molar refractivity (Wildman–Crippen MR) is 58.6 cm³/mol. The molecule has 1 saturated heterocycles. The van der Waals surface area contributed by atoms with E-state index in [9.17, 15) is 9.90 Å². The highest BCUT2D eigenvalue weighted by Crippen LogP contribution is 2.16. The summed E-state index contributed by atoms with van der Waals surface area (Å²) in [6.07, 6.45) is 0.360. The summed E-state index contributed by atoms with van der Waals surface area (Å²) >= 11 is 0. The van der Waals surface area contributed by atoms with Crippen molar-refractivity contribution in [1.82, 2.24) is 4.90 Å². The Hall–Kier alpha value is -1.55. The van der Waals surface area contributed by atoms with Crippen molar-refractivity contribution >= 4 is 6.09 Å². The molecule has 1 aromatic rings. The minimum atomic E-state index is -0.678. The number of amides is 1. The van der Waals surface area contributed by atoms with Gasteiger partial charge in [0.25, 0.3) is 0 Å². The van der Waals surface area contributed by atoms with Gasteiger partial charge in [-0.2, -0.15) is 0 Å². The van der Waals surface area contributed by atoms with E-state index in [0.29, 0.717) is 13.0 Å². The SMILES string of the molecule is O=C(OCc1ccccc1)N1CCCC1O. The van der Waals surface area contributed by atoms with Crippen LogP contribution in [0.25, 0.3) is 0 Å². The zero-order valence-corrected chi connectivity index (χ0v) is 9.00. The topological polar surface area (TPSA) is 49.8 Å². The molecule has 1 heterocycles. The second-order valence-electron chi connectivity index (χ2n) is 3.86. The summed E-state index contributed by atoms with van der Waals surface area (Å²) in [5.41, 5.74) is 0.949. The number of aliphatic hydroxyl groups is 1. The average molecular weight is 221 g/mol. The Bertz CT molecular complexity index is 353. The largest absolute Gasteiger partial charge is 0.444 e. The monoisotopic (exact) mass is 221 g/mol. The highest BCUT2D eigenvalue weighted by atomic mass is 16.6. The Labute approximate surface area is 94.4 Å². The number of hydrogen-bond acceptors (Lipinski definition) is 3. The van der Waals surface area contributed by atoms with E-state index < -0.39 is 12.3 Å². The molecule has 16 heavy (non-hydrogen) atoms. The fourth-order valence-corrected chi connectivity index (χ4v) is 1.76. The van der Waals surface area contributed by atoms with Gasteiger partial charge in [-0.1, -0.05) is 30.3 Å². The van der Waals surface area contributed by atoms with E-state index in [4.69, 9.17) is 4.74 Å². The molecule has 1 aromatic carbocycles. The van der Waals surface area contributed by atoms with Crippen molar-refractivity contribution in [2.75, 3.05) is 6.54 Å². The molecule has 0 aromatic heterocycles. The smallest absolute Gasteiger partial charge is 0.412 e. The van der Waals surface area contributed by atoms with Crippen molar-refractivity contribution in [3.05, 3.63) is 35.9 Å². The molecule has 4 nitrogen and oxygen atoms in total. The molecule has 2 rings (SSSR count). The molecule has 1 N–H and O–H groups in total. The quantitative estimate of drug-likeness (QED) is 0.827. The zero-order valence-electron chi connectivity index (χ0n) is 9.00.